The molecule has 0 radical (unpaired) electrons. The van der Waals surface area contributed by atoms with E-state index < -0.39 is 17.4 Å². The number of nitrogens with one attached hydrogen (secondary N) is 1. The first kappa shape index (κ1) is 24.4. The standard InChI is InChI=1S/C26H35N3O5/c1-18(8-6-11-24(32)29-15-7-9-20(29)17-30)26(34)21-16-19(12-13-22(21)27-25(26)33)28-14-5-3-2-4-10-23(28)31/h6,8,12-13,16,18,20,30,34H,2-5,7,9-11,14-15,17H2,1H3,(H,27,33)/b8-6+/t18-,20+,26+/m1/s1. The minimum absolute atomic E-state index is 0.0373. The molecule has 0 spiro atoms. The van der Waals surface area contributed by atoms with E-state index in [0.29, 0.717) is 36.4 Å². The number of benzene rings is 1. The number of nitrogens with zero attached hydrogens (tertiary/aromatic N) is 2. The number of carbonyl (C=O) groups excluding carboxylic acids is 3. The molecule has 0 aliphatic carbocycles. The Morgan fingerprint density at radius 3 is 2.79 bits per heavy atom. The van der Waals surface area contributed by atoms with E-state index in [-0.39, 0.29) is 30.9 Å². The third kappa shape index (κ3) is 4.61. The van der Waals surface area contributed by atoms with Crippen molar-refractivity contribution in [2.24, 2.45) is 5.92 Å². The number of fused-ring (bicyclic) bond motifs is 1. The summed E-state index contributed by atoms with van der Waals surface area (Å²) in [5, 5.41) is 23.7. The van der Waals surface area contributed by atoms with Crippen molar-refractivity contribution in [3.8, 4) is 0 Å². The van der Waals surface area contributed by atoms with Crippen molar-refractivity contribution in [1.29, 1.82) is 0 Å². The van der Waals surface area contributed by atoms with Crippen LogP contribution in [-0.4, -0.2) is 58.6 Å². The van der Waals surface area contributed by atoms with Gasteiger partial charge in [-0.1, -0.05) is 31.9 Å². The number of hydrogen-bond acceptors (Lipinski definition) is 5. The zero-order valence-corrected chi connectivity index (χ0v) is 19.8. The largest absolute Gasteiger partial charge is 0.394 e. The van der Waals surface area contributed by atoms with Crippen molar-refractivity contribution < 1.29 is 24.6 Å². The first-order valence-corrected chi connectivity index (χ1v) is 12.4. The van der Waals surface area contributed by atoms with Gasteiger partial charge in [-0.15, -0.1) is 0 Å². The second kappa shape index (κ2) is 10.3. The van der Waals surface area contributed by atoms with Crippen LogP contribution in [0.4, 0.5) is 11.4 Å². The average Bonchev–Trinajstić information content (AvgIpc) is 3.39. The van der Waals surface area contributed by atoms with Crippen LogP contribution in [-0.2, 0) is 20.0 Å². The molecular weight excluding hydrogens is 434 g/mol. The highest BCUT2D eigenvalue weighted by molar-refractivity contribution is 6.06. The molecule has 1 aromatic carbocycles. The summed E-state index contributed by atoms with van der Waals surface area (Å²) >= 11 is 0. The quantitative estimate of drug-likeness (QED) is 0.555. The summed E-state index contributed by atoms with van der Waals surface area (Å²) in [5.74, 6) is -1.11. The minimum atomic E-state index is -1.79. The molecule has 34 heavy (non-hydrogen) atoms. The van der Waals surface area contributed by atoms with Gasteiger partial charge < -0.3 is 25.3 Å². The number of anilines is 2. The maximum absolute atomic E-state index is 12.9. The lowest BCUT2D eigenvalue weighted by Crippen LogP contribution is -2.40. The van der Waals surface area contributed by atoms with Crippen LogP contribution in [0.3, 0.4) is 0 Å². The molecule has 3 aliphatic heterocycles. The first-order chi connectivity index (χ1) is 16.4. The second-order valence-electron chi connectivity index (χ2n) is 9.65. The zero-order valence-electron chi connectivity index (χ0n) is 19.8. The van der Waals surface area contributed by atoms with E-state index in [2.05, 4.69) is 5.32 Å². The Morgan fingerprint density at radius 2 is 2.00 bits per heavy atom. The minimum Gasteiger partial charge on any atom is -0.394 e. The molecule has 184 valence electrons. The number of likely N-dealkylation sites (tertiary alicyclic amines) is 1. The molecule has 4 rings (SSSR count). The number of aliphatic hydroxyl groups excluding tert-OH is 1. The predicted molar refractivity (Wildman–Crippen MR) is 129 cm³/mol. The number of rotatable bonds is 6. The topological polar surface area (TPSA) is 110 Å². The fraction of sp³-hybridized carbons (Fsp3) is 0.577. The molecule has 3 amide bonds. The van der Waals surface area contributed by atoms with Gasteiger partial charge in [-0.2, -0.15) is 0 Å². The van der Waals surface area contributed by atoms with Crippen LogP contribution in [0.1, 0.15) is 63.9 Å². The Balaban J connectivity index is 1.51. The van der Waals surface area contributed by atoms with Crippen LogP contribution in [0, 0.1) is 5.92 Å². The molecule has 3 aliphatic rings. The van der Waals surface area contributed by atoms with E-state index >= 15 is 0 Å². The van der Waals surface area contributed by atoms with Crippen LogP contribution in [0.25, 0.3) is 0 Å². The summed E-state index contributed by atoms with van der Waals surface area (Å²) in [6.45, 7) is 2.98. The Labute approximate surface area is 200 Å². The maximum Gasteiger partial charge on any atom is 0.261 e. The summed E-state index contributed by atoms with van der Waals surface area (Å²) in [5.41, 5.74) is -0.114. The van der Waals surface area contributed by atoms with Gasteiger partial charge in [-0.3, -0.25) is 14.4 Å². The molecule has 3 N–H and O–H groups in total. The van der Waals surface area contributed by atoms with Crippen molar-refractivity contribution in [1.82, 2.24) is 4.90 Å². The van der Waals surface area contributed by atoms with Crippen molar-refractivity contribution in [3.05, 3.63) is 35.9 Å². The summed E-state index contributed by atoms with van der Waals surface area (Å²) in [6.07, 6.45) is 9.67. The SMILES string of the molecule is C[C@H](/C=C/CC(=O)N1CCC[C@H]1CO)[C@@]1(O)C(=O)Nc2ccc(N3CCCCCCC3=O)cc21. The molecule has 0 saturated carbocycles. The lowest BCUT2D eigenvalue weighted by molar-refractivity contribution is -0.137. The van der Waals surface area contributed by atoms with Gasteiger partial charge in [0, 0.05) is 48.8 Å². The average molecular weight is 470 g/mol. The zero-order chi connectivity index (χ0) is 24.3. The van der Waals surface area contributed by atoms with Gasteiger partial charge in [0.15, 0.2) is 5.60 Å². The van der Waals surface area contributed by atoms with Crippen LogP contribution in [0.5, 0.6) is 0 Å². The smallest absolute Gasteiger partial charge is 0.261 e. The van der Waals surface area contributed by atoms with E-state index in [1.165, 1.54) is 0 Å². The fourth-order valence-electron chi connectivity index (χ4n) is 5.33. The molecule has 1 aromatic rings. The van der Waals surface area contributed by atoms with Crippen molar-refractivity contribution in [2.45, 2.75) is 69.9 Å². The normalized spacial score (nSPS) is 26.4. The van der Waals surface area contributed by atoms with Crippen molar-refractivity contribution in [3.63, 3.8) is 0 Å². The molecule has 3 atom stereocenters. The van der Waals surface area contributed by atoms with E-state index in [1.807, 2.05) is 6.07 Å². The van der Waals surface area contributed by atoms with Crippen LogP contribution >= 0.6 is 0 Å². The lowest BCUT2D eigenvalue weighted by atomic mass is 9.82. The molecule has 2 saturated heterocycles. The van der Waals surface area contributed by atoms with Gasteiger partial charge in [0.1, 0.15) is 0 Å². The van der Waals surface area contributed by atoms with Crippen LogP contribution < -0.4 is 10.2 Å². The van der Waals surface area contributed by atoms with Gasteiger partial charge in [0.2, 0.25) is 11.8 Å². The first-order valence-electron chi connectivity index (χ1n) is 12.4. The van der Waals surface area contributed by atoms with Gasteiger partial charge in [0.25, 0.3) is 5.91 Å². The van der Waals surface area contributed by atoms with E-state index in [9.17, 15) is 24.6 Å². The fourth-order valence-corrected chi connectivity index (χ4v) is 5.33. The van der Waals surface area contributed by atoms with Crippen molar-refractivity contribution in [2.75, 3.05) is 29.9 Å². The van der Waals surface area contributed by atoms with Gasteiger partial charge in [0.05, 0.1) is 12.6 Å². The summed E-state index contributed by atoms with van der Waals surface area (Å²) in [6, 6.07) is 5.18. The number of hydrogen-bond donors (Lipinski definition) is 3. The molecule has 8 heteroatoms. The summed E-state index contributed by atoms with van der Waals surface area (Å²) in [4.78, 5) is 41.6. The molecule has 0 aromatic heterocycles. The van der Waals surface area contributed by atoms with E-state index in [0.717, 1.165) is 38.5 Å². The highest BCUT2D eigenvalue weighted by Crippen LogP contribution is 2.43. The van der Waals surface area contributed by atoms with Gasteiger partial charge >= 0.3 is 0 Å². The lowest BCUT2D eigenvalue weighted by Gasteiger charge is -2.29. The van der Waals surface area contributed by atoms with Gasteiger partial charge in [-0.25, -0.2) is 0 Å². The summed E-state index contributed by atoms with van der Waals surface area (Å²) < 4.78 is 0. The number of carbonyl (C=O) groups is 3. The monoisotopic (exact) mass is 469 g/mol. The Bertz CT molecular complexity index is 977. The maximum atomic E-state index is 12.9. The Morgan fingerprint density at radius 1 is 1.21 bits per heavy atom. The molecule has 2 fully saturated rings. The summed E-state index contributed by atoms with van der Waals surface area (Å²) in [7, 11) is 0. The highest BCUT2D eigenvalue weighted by atomic mass is 16.3. The molecule has 0 unspecified atom stereocenters. The highest BCUT2D eigenvalue weighted by Gasteiger charge is 2.49. The van der Waals surface area contributed by atoms with Crippen LogP contribution in [0.15, 0.2) is 30.4 Å². The molecule has 8 nitrogen and oxygen atoms in total. The second-order valence-corrected chi connectivity index (χ2v) is 9.65. The predicted octanol–water partition coefficient (Wildman–Crippen LogP) is 2.69. The Hall–Kier alpha value is -2.71. The molecular formula is C26H35N3O5. The Kier molecular flexibility index (Phi) is 7.38. The molecule has 3 heterocycles. The van der Waals surface area contributed by atoms with Crippen LogP contribution in [0.2, 0.25) is 0 Å². The number of amides is 3. The third-order valence-corrected chi connectivity index (χ3v) is 7.43. The van der Waals surface area contributed by atoms with Crippen molar-refractivity contribution >= 4 is 29.1 Å². The van der Waals surface area contributed by atoms with E-state index in [1.54, 1.807) is 41.0 Å². The molecule has 0 bridgehead atoms. The van der Waals surface area contributed by atoms with E-state index in [4.69, 9.17) is 0 Å². The number of aliphatic hydroxyl groups is 2. The van der Waals surface area contributed by atoms with Gasteiger partial charge in [-0.05, 0) is 43.9 Å². The third-order valence-electron chi connectivity index (χ3n) is 7.43.